The number of hydrogen-bond acceptors (Lipinski definition) is 2. The minimum Gasteiger partial charge on any atom is -0.360 e. The minimum absolute atomic E-state index is 0.241. The van der Waals surface area contributed by atoms with E-state index in [1.807, 2.05) is 6.20 Å². The smallest absolute Gasteiger partial charge is 0.172 e. The maximum absolute atomic E-state index is 12.9. The summed E-state index contributed by atoms with van der Waals surface area (Å²) in [6.45, 7) is 4.72. The predicted molar refractivity (Wildman–Crippen MR) is 94.5 cm³/mol. The van der Waals surface area contributed by atoms with Crippen LogP contribution in [0, 0.1) is 5.82 Å². The van der Waals surface area contributed by atoms with Crippen LogP contribution < -0.4 is 10.6 Å². The maximum atomic E-state index is 12.9. The molecule has 7 heteroatoms. The molecule has 1 atom stereocenters. The van der Waals surface area contributed by atoms with E-state index in [9.17, 15) is 4.39 Å². The average Bonchev–Trinajstić information content (AvgIpc) is 2.81. The summed E-state index contributed by atoms with van der Waals surface area (Å²) in [7, 11) is 0. The Balaban J connectivity index is 2.01. The van der Waals surface area contributed by atoms with Crippen LogP contribution in [0.4, 0.5) is 10.2 Å². The third-order valence-electron chi connectivity index (χ3n) is 3.20. The van der Waals surface area contributed by atoms with Crippen LogP contribution in [0.15, 0.2) is 34.9 Å². The summed E-state index contributed by atoms with van der Waals surface area (Å²) in [4.78, 5) is 0. The molecule has 0 aliphatic rings. The zero-order valence-corrected chi connectivity index (χ0v) is 14.8. The van der Waals surface area contributed by atoms with E-state index in [1.54, 1.807) is 16.8 Å². The van der Waals surface area contributed by atoms with E-state index in [0.717, 1.165) is 16.5 Å². The molecule has 2 N–H and O–H groups in total. The monoisotopic (exact) mass is 384 g/mol. The number of benzene rings is 1. The van der Waals surface area contributed by atoms with Crippen molar-refractivity contribution in [3.63, 3.8) is 0 Å². The van der Waals surface area contributed by atoms with Gasteiger partial charge in [0.25, 0.3) is 0 Å². The predicted octanol–water partition coefficient (Wildman–Crippen LogP) is 3.92. The van der Waals surface area contributed by atoms with Gasteiger partial charge in [0, 0.05) is 12.2 Å². The topological polar surface area (TPSA) is 41.9 Å². The van der Waals surface area contributed by atoms with Crippen LogP contribution in [0.3, 0.4) is 0 Å². The van der Waals surface area contributed by atoms with Crippen molar-refractivity contribution in [1.29, 1.82) is 0 Å². The van der Waals surface area contributed by atoms with Crippen molar-refractivity contribution in [2.45, 2.75) is 32.9 Å². The van der Waals surface area contributed by atoms with Crippen molar-refractivity contribution in [2.24, 2.45) is 0 Å². The zero-order chi connectivity index (χ0) is 16.1. The maximum Gasteiger partial charge on any atom is 0.172 e. The molecular formula is C15H18BrFN4S. The molecule has 0 fully saturated rings. The van der Waals surface area contributed by atoms with Gasteiger partial charge in [-0.25, -0.2) is 4.39 Å². The number of hydrogen-bond donors (Lipinski definition) is 2. The highest BCUT2D eigenvalue weighted by molar-refractivity contribution is 9.10. The third-order valence-corrected chi connectivity index (χ3v) is 4.00. The van der Waals surface area contributed by atoms with Crippen LogP contribution in [0.25, 0.3) is 0 Å². The van der Waals surface area contributed by atoms with E-state index in [4.69, 9.17) is 12.2 Å². The molecule has 0 bridgehead atoms. The Labute approximate surface area is 143 Å². The molecule has 22 heavy (non-hydrogen) atoms. The number of nitrogens with zero attached hydrogens (tertiary/aromatic N) is 2. The summed E-state index contributed by atoms with van der Waals surface area (Å²) in [5.41, 5.74) is 0.975. The van der Waals surface area contributed by atoms with Gasteiger partial charge in [0.15, 0.2) is 10.9 Å². The van der Waals surface area contributed by atoms with E-state index >= 15 is 0 Å². The number of rotatable bonds is 5. The molecule has 2 aromatic rings. The van der Waals surface area contributed by atoms with Crippen LogP contribution in [-0.2, 0) is 6.54 Å². The van der Waals surface area contributed by atoms with Gasteiger partial charge < -0.3 is 10.6 Å². The summed E-state index contributed by atoms with van der Waals surface area (Å²) < 4.78 is 15.5. The fraction of sp³-hybridized carbons (Fsp3) is 0.333. The van der Waals surface area contributed by atoms with Gasteiger partial charge in [-0.1, -0.05) is 19.1 Å². The fourth-order valence-corrected chi connectivity index (χ4v) is 2.52. The van der Waals surface area contributed by atoms with Crippen LogP contribution in [0.5, 0.6) is 0 Å². The van der Waals surface area contributed by atoms with Crippen molar-refractivity contribution in [2.75, 3.05) is 5.32 Å². The van der Waals surface area contributed by atoms with Crippen molar-refractivity contribution in [3.8, 4) is 0 Å². The zero-order valence-electron chi connectivity index (χ0n) is 12.4. The molecule has 1 heterocycles. The molecule has 0 aliphatic heterocycles. The molecule has 1 unspecified atom stereocenters. The van der Waals surface area contributed by atoms with Gasteiger partial charge in [-0.2, -0.15) is 5.10 Å². The third kappa shape index (κ3) is 4.78. The summed E-state index contributed by atoms with van der Waals surface area (Å²) in [6.07, 6.45) is 2.85. The number of nitrogens with one attached hydrogen (secondary N) is 2. The summed E-state index contributed by atoms with van der Waals surface area (Å²) >= 11 is 8.72. The van der Waals surface area contributed by atoms with E-state index in [1.165, 1.54) is 12.1 Å². The molecule has 2 rings (SSSR count). The second-order valence-electron chi connectivity index (χ2n) is 5.06. The van der Waals surface area contributed by atoms with Crippen molar-refractivity contribution in [1.82, 2.24) is 15.1 Å². The Bertz CT molecular complexity index is 641. The lowest BCUT2D eigenvalue weighted by molar-refractivity contribution is 0.624. The van der Waals surface area contributed by atoms with Crippen molar-refractivity contribution < 1.29 is 4.39 Å². The van der Waals surface area contributed by atoms with E-state index in [-0.39, 0.29) is 5.82 Å². The molecule has 1 aromatic heterocycles. The molecular weight excluding hydrogens is 367 g/mol. The highest BCUT2D eigenvalue weighted by Crippen LogP contribution is 2.20. The Morgan fingerprint density at radius 3 is 2.73 bits per heavy atom. The first-order valence-electron chi connectivity index (χ1n) is 7.03. The second-order valence-corrected chi connectivity index (χ2v) is 6.32. The molecule has 118 valence electrons. The largest absolute Gasteiger partial charge is 0.360 e. The summed E-state index contributed by atoms with van der Waals surface area (Å²) in [6, 6.07) is 6.68. The quantitative estimate of drug-likeness (QED) is 0.766. The number of halogens is 2. The first kappa shape index (κ1) is 16.9. The number of thiocarbonyl (C=S) groups is 1. The van der Waals surface area contributed by atoms with Gasteiger partial charge in [-0.15, -0.1) is 0 Å². The lowest BCUT2D eigenvalue weighted by Gasteiger charge is -2.14. The second kappa shape index (κ2) is 7.69. The molecule has 0 saturated carbocycles. The average molecular weight is 385 g/mol. The van der Waals surface area contributed by atoms with Gasteiger partial charge >= 0.3 is 0 Å². The lowest BCUT2D eigenvalue weighted by Crippen LogP contribution is -2.35. The highest BCUT2D eigenvalue weighted by Gasteiger charge is 2.09. The van der Waals surface area contributed by atoms with Gasteiger partial charge in [0.1, 0.15) is 5.82 Å². The van der Waals surface area contributed by atoms with Gasteiger partial charge in [-0.05, 0) is 59.2 Å². The number of anilines is 1. The first-order chi connectivity index (χ1) is 10.5. The number of aromatic nitrogens is 2. The van der Waals surface area contributed by atoms with Crippen LogP contribution in [0.2, 0.25) is 0 Å². The van der Waals surface area contributed by atoms with Gasteiger partial charge in [0.05, 0.1) is 11.0 Å². The minimum atomic E-state index is -0.241. The molecule has 0 aliphatic carbocycles. The molecule has 0 amide bonds. The molecule has 0 radical (unpaired) electrons. The summed E-state index contributed by atoms with van der Waals surface area (Å²) in [5, 5.41) is 11.2. The normalized spacial score (nSPS) is 12.0. The van der Waals surface area contributed by atoms with Crippen LogP contribution >= 0.6 is 28.1 Å². The molecule has 4 nitrogen and oxygen atoms in total. The SMILES string of the molecule is CCC(C)NC(=S)Nc1nn(Cc2ccc(F)cc2)cc1Br. The molecule has 0 spiro atoms. The van der Waals surface area contributed by atoms with E-state index < -0.39 is 0 Å². The van der Waals surface area contributed by atoms with E-state index in [0.29, 0.717) is 23.5 Å². The van der Waals surface area contributed by atoms with E-state index in [2.05, 4.69) is 45.5 Å². The lowest BCUT2D eigenvalue weighted by atomic mass is 10.2. The summed E-state index contributed by atoms with van der Waals surface area (Å²) in [5.74, 6) is 0.414. The van der Waals surface area contributed by atoms with Crippen LogP contribution in [-0.4, -0.2) is 20.9 Å². The Kier molecular flexibility index (Phi) is 5.90. The van der Waals surface area contributed by atoms with Crippen LogP contribution in [0.1, 0.15) is 25.8 Å². The Hall–Kier alpha value is -1.47. The standard InChI is InChI=1S/C15H18BrFN4S/c1-3-10(2)18-15(22)19-14-13(16)9-21(20-14)8-11-4-6-12(17)7-5-11/h4-7,9-10H,3,8H2,1-2H3,(H2,18,19,20,22). The Morgan fingerprint density at radius 2 is 2.09 bits per heavy atom. The van der Waals surface area contributed by atoms with Crippen molar-refractivity contribution in [3.05, 3.63) is 46.3 Å². The Morgan fingerprint density at radius 1 is 1.41 bits per heavy atom. The fourth-order valence-electron chi connectivity index (χ4n) is 1.81. The van der Waals surface area contributed by atoms with Gasteiger partial charge in [0.2, 0.25) is 0 Å². The molecule has 0 saturated heterocycles. The highest BCUT2D eigenvalue weighted by atomic mass is 79.9. The molecule has 1 aromatic carbocycles. The first-order valence-corrected chi connectivity index (χ1v) is 8.23. The van der Waals surface area contributed by atoms with Gasteiger partial charge in [-0.3, -0.25) is 4.68 Å². The van der Waals surface area contributed by atoms with Crippen molar-refractivity contribution >= 4 is 39.1 Å².